The van der Waals surface area contributed by atoms with E-state index in [0.29, 0.717) is 13.0 Å². The summed E-state index contributed by atoms with van der Waals surface area (Å²) >= 11 is 0. The first kappa shape index (κ1) is 26.0. The Morgan fingerprint density at radius 3 is 2.04 bits per heavy atom. The minimum absolute atomic E-state index is 0.0379. The maximum atomic E-state index is 12.8. The standard InChI is InChI=1S/C20H38N4O4/c1-13(2)16(25)12-15(17(26)22-11-9-21)24(7)18(27)14(3)8-10-23-19(28)20(4,5)6/h13-15H,8-12,21H2,1-7H3,(H,22,26)(H,23,28). The summed E-state index contributed by atoms with van der Waals surface area (Å²) in [6.07, 6.45) is 0.407. The summed E-state index contributed by atoms with van der Waals surface area (Å²) in [7, 11) is 1.53. The van der Waals surface area contributed by atoms with Gasteiger partial charge in [-0.1, -0.05) is 41.5 Å². The lowest BCUT2D eigenvalue weighted by molar-refractivity contribution is -0.143. The first-order valence-corrected chi connectivity index (χ1v) is 9.88. The molecule has 0 fully saturated rings. The molecule has 0 spiro atoms. The number of Topliss-reactive ketones (excluding diaryl/α,β-unsaturated/α-hetero) is 1. The average Bonchev–Trinajstić information content (AvgIpc) is 2.61. The number of nitrogens with one attached hydrogen (secondary N) is 2. The quantitative estimate of drug-likeness (QED) is 0.473. The number of hydrogen-bond acceptors (Lipinski definition) is 5. The number of rotatable bonds is 11. The molecule has 8 nitrogen and oxygen atoms in total. The fourth-order valence-electron chi connectivity index (χ4n) is 2.44. The van der Waals surface area contributed by atoms with E-state index in [1.54, 1.807) is 20.8 Å². The van der Waals surface area contributed by atoms with E-state index in [2.05, 4.69) is 10.6 Å². The van der Waals surface area contributed by atoms with E-state index in [4.69, 9.17) is 5.73 Å². The first-order chi connectivity index (χ1) is 12.8. The highest BCUT2D eigenvalue weighted by Crippen LogP contribution is 2.15. The molecular formula is C20H38N4O4. The third-order valence-electron chi connectivity index (χ3n) is 4.57. The summed E-state index contributed by atoms with van der Waals surface area (Å²) in [6, 6.07) is -0.874. The molecule has 0 aromatic rings. The highest BCUT2D eigenvalue weighted by Gasteiger charge is 2.31. The molecule has 0 saturated heterocycles. The van der Waals surface area contributed by atoms with Crippen LogP contribution in [-0.4, -0.2) is 61.1 Å². The monoisotopic (exact) mass is 398 g/mol. The van der Waals surface area contributed by atoms with Crippen molar-refractivity contribution >= 4 is 23.5 Å². The average molecular weight is 399 g/mol. The minimum atomic E-state index is -0.874. The van der Waals surface area contributed by atoms with E-state index < -0.39 is 17.4 Å². The number of hydrogen-bond donors (Lipinski definition) is 3. The van der Waals surface area contributed by atoms with Crippen LogP contribution in [0.3, 0.4) is 0 Å². The maximum absolute atomic E-state index is 12.8. The third kappa shape index (κ3) is 8.82. The topological polar surface area (TPSA) is 122 Å². The largest absolute Gasteiger partial charge is 0.356 e. The number of nitrogens with zero attached hydrogens (tertiary/aromatic N) is 1. The Balaban J connectivity index is 5.00. The second-order valence-electron chi connectivity index (χ2n) is 8.57. The molecule has 0 radical (unpaired) electrons. The van der Waals surface area contributed by atoms with Gasteiger partial charge in [-0.15, -0.1) is 0 Å². The van der Waals surface area contributed by atoms with Gasteiger partial charge >= 0.3 is 0 Å². The SMILES string of the molecule is CC(C)C(=O)CC(C(=O)NCCN)N(C)C(=O)C(C)CCNC(=O)C(C)(C)C. The van der Waals surface area contributed by atoms with Gasteiger partial charge in [-0.3, -0.25) is 19.2 Å². The highest BCUT2D eigenvalue weighted by atomic mass is 16.2. The van der Waals surface area contributed by atoms with Crippen LogP contribution in [0.25, 0.3) is 0 Å². The smallest absolute Gasteiger partial charge is 0.243 e. The van der Waals surface area contributed by atoms with Crippen molar-refractivity contribution in [2.24, 2.45) is 23.0 Å². The Hall–Kier alpha value is -1.96. The lowest BCUT2D eigenvalue weighted by Crippen LogP contribution is -2.51. The van der Waals surface area contributed by atoms with Crippen LogP contribution in [0, 0.1) is 17.3 Å². The van der Waals surface area contributed by atoms with Gasteiger partial charge in [-0.2, -0.15) is 0 Å². The predicted octanol–water partition coefficient (Wildman–Crippen LogP) is 0.692. The number of likely N-dealkylation sites (N-methyl/N-ethyl adjacent to an activating group) is 1. The lowest BCUT2D eigenvalue weighted by Gasteiger charge is -2.30. The van der Waals surface area contributed by atoms with Crippen molar-refractivity contribution in [1.82, 2.24) is 15.5 Å². The van der Waals surface area contributed by atoms with Gasteiger partial charge in [-0.25, -0.2) is 0 Å². The number of ketones is 1. The lowest BCUT2D eigenvalue weighted by atomic mass is 9.95. The number of carbonyl (C=O) groups is 4. The van der Waals surface area contributed by atoms with Crippen LogP contribution in [0.4, 0.5) is 0 Å². The molecular weight excluding hydrogens is 360 g/mol. The molecule has 0 aliphatic carbocycles. The summed E-state index contributed by atoms with van der Waals surface area (Å²) in [5.41, 5.74) is 4.93. The molecule has 4 N–H and O–H groups in total. The highest BCUT2D eigenvalue weighted by molar-refractivity contribution is 5.93. The van der Waals surface area contributed by atoms with Crippen molar-refractivity contribution in [2.45, 2.75) is 60.4 Å². The molecule has 2 atom stereocenters. The summed E-state index contributed by atoms with van der Waals surface area (Å²) in [6.45, 7) is 11.7. The van der Waals surface area contributed by atoms with Crippen LogP contribution in [0.5, 0.6) is 0 Å². The molecule has 0 saturated carbocycles. The van der Waals surface area contributed by atoms with Crippen LogP contribution in [0.2, 0.25) is 0 Å². The molecule has 0 aromatic heterocycles. The van der Waals surface area contributed by atoms with Crippen molar-refractivity contribution in [1.29, 1.82) is 0 Å². The Kier molecular flexibility index (Phi) is 11.0. The molecule has 0 aliphatic heterocycles. The van der Waals surface area contributed by atoms with Crippen LogP contribution >= 0.6 is 0 Å². The molecule has 28 heavy (non-hydrogen) atoms. The summed E-state index contributed by atoms with van der Waals surface area (Å²) in [5.74, 6) is -1.42. The maximum Gasteiger partial charge on any atom is 0.243 e. The first-order valence-electron chi connectivity index (χ1n) is 9.88. The Labute approximate surface area is 169 Å². The van der Waals surface area contributed by atoms with Gasteiger partial charge in [0, 0.05) is 50.4 Å². The molecule has 162 valence electrons. The molecule has 2 unspecified atom stereocenters. The van der Waals surface area contributed by atoms with E-state index in [0.717, 1.165) is 0 Å². The van der Waals surface area contributed by atoms with Crippen molar-refractivity contribution in [3.05, 3.63) is 0 Å². The number of amides is 3. The molecule has 0 bridgehead atoms. The molecule has 8 heteroatoms. The van der Waals surface area contributed by atoms with Crippen molar-refractivity contribution in [2.75, 3.05) is 26.7 Å². The number of carbonyl (C=O) groups excluding carboxylic acids is 4. The molecule has 0 rings (SSSR count). The van der Waals surface area contributed by atoms with Gasteiger partial charge in [0.2, 0.25) is 17.7 Å². The Morgan fingerprint density at radius 1 is 1.00 bits per heavy atom. The predicted molar refractivity (Wildman–Crippen MR) is 109 cm³/mol. The minimum Gasteiger partial charge on any atom is -0.356 e. The van der Waals surface area contributed by atoms with E-state index in [1.807, 2.05) is 20.8 Å². The zero-order valence-electron chi connectivity index (χ0n) is 18.4. The van der Waals surface area contributed by atoms with Gasteiger partial charge in [-0.05, 0) is 6.42 Å². The van der Waals surface area contributed by atoms with E-state index in [9.17, 15) is 19.2 Å². The fraction of sp³-hybridized carbons (Fsp3) is 0.800. The van der Waals surface area contributed by atoms with E-state index >= 15 is 0 Å². The normalized spacial score (nSPS) is 13.6. The number of nitrogens with two attached hydrogens (primary N) is 1. The summed E-state index contributed by atoms with van der Waals surface area (Å²) in [5, 5.41) is 5.48. The van der Waals surface area contributed by atoms with Crippen molar-refractivity contribution in [3.63, 3.8) is 0 Å². The van der Waals surface area contributed by atoms with E-state index in [1.165, 1.54) is 11.9 Å². The summed E-state index contributed by atoms with van der Waals surface area (Å²) in [4.78, 5) is 50.7. The van der Waals surface area contributed by atoms with Gasteiger partial charge in [0.05, 0.1) is 0 Å². The fourth-order valence-corrected chi connectivity index (χ4v) is 2.44. The van der Waals surface area contributed by atoms with Crippen LogP contribution < -0.4 is 16.4 Å². The second kappa shape index (κ2) is 11.8. The van der Waals surface area contributed by atoms with Gasteiger partial charge in [0.25, 0.3) is 0 Å². The van der Waals surface area contributed by atoms with Crippen LogP contribution in [-0.2, 0) is 19.2 Å². The Bertz CT molecular complexity index is 555. The zero-order chi connectivity index (χ0) is 22.1. The van der Waals surface area contributed by atoms with E-state index in [-0.39, 0.29) is 48.9 Å². The third-order valence-corrected chi connectivity index (χ3v) is 4.57. The summed E-state index contributed by atoms with van der Waals surface area (Å²) < 4.78 is 0. The molecule has 0 aliphatic rings. The molecule has 0 heterocycles. The van der Waals surface area contributed by atoms with Crippen LogP contribution in [0.15, 0.2) is 0 Å². The van der Waals surface area contributed by atoms with Crippen molar-refractivity contribution in [3.8, 4) is 0 Å². The Morgan fingerprint density at radius 2 is 1.57 bits per heavy atom. The molecule has 3 amide bonds. The van der Waals surface area contributed by atoms with Crippen molar-refractivity contribution < 1.29 is 19.2 Å². The second-order valence-corrected chi connectivity index (χ2v) is 8.57. The van der Waals surface area contributed by atoms with Gasteiger partial charge < -0.3 is 21.3 Å². The van der Waals surface area contributed by atoms with Gasteiger partial charge in [0.15, 0.2) is 0 Å². The zero-order valence-corrected chi connectivity index (χ0v) is 18.4. The van der Waals surface area contributed by atoms with Crippen LogP contribution in [0.1, 0.15) is 54.4 Å². The van der Waals surface area contributed by atoms with Gasteiger partial charge in [0.1, 0.15) is 11.8 Å². The molecule has 0 aromatic carbocycles.